The number of hydrogen-bond donors (Lipinski definition) is 1. The Morgan fingerprint density at radius 2 is 1.81 bits per heavy atom. The molecule has 2 heterocycles. The topological polar surface area (TPSA) is 58.1 Å². The lowest BCUT2D eigenvalue weighted by atomic mass is 10.1. The fraction of sp³-hybridized carbons (Fsp3) is 0.353. The molecule has 1 amide bonds. The third-order valence-corrected chi connectivity index (χ3v) is 4.41. The maximum absolute atomic E-state index is 12.8. The second-order valence-electron chi connectivity index (χ2n) is 5.97. The molecule has 0 aliphatic carbocycles. The van der Waals surface area contributed by atoms with E-state index in [4.69, 9.17) is 11.6 Å². The highest BCUT2D eigenvalue weighted by molar-refractivity contribution is 6.33. The lowest BCUT2D eigenvalue weighted by Crippen LogP contribution is -2.36. The second-order valence-corrected chi connectivity index (χ2v) is 6.38. The van der Waals surface area contributed by atoms with E-state index in [1.807, 2.05) is 0 Å². The van der Waals surface area contributed by atoms with Gasteiger partial charge in [-0.25, -0.2) is 0 Å². The number of halogens is 4. The van der Waals surface area contributed by atoms with Crippen LogP contribution >= 0.6 is 11.6 Å². The maximum Gasteiger partial charge on any atom is 0.416 e. The number of carbonyl (C=O) groups is 1. The number of hydrogen-bond acceptors (Lipinski definition) is 4. The van der Waals surface area contributed by atoms with Crippen molar-refractivity contribution in [3.63, 3.8) is 0 Å². The summed E-state index contributed by atoms with van der Waals surface area (Å²) < 4.78 is 38.4. The molecule has 138 valence electrons. The van der Waals surface area contributed by atoms with Gasteiger partial charge in [0, 0.05) is 13.1 Å². The molecule has 1 aliphatic heterocycles. The Balaban J connectivity index is 1.74. The predicted octanol–water partition coefficient (Wildman–Crippen LogP) is 4.52. The number of likely N-dealkylation sites (tertiary alicyclic amines) is 1. The van der Waals surface area contributed by atoms with Gasteiger partial charge in [-0.2, -0.15) is 13.2 Å². The SMILES string of the molecule is O=C(c1ccc(Nc2cc(C(F)(F)F)ccc2Cl)nn1)N1CCCCC1. The van der Waals surface area contributed by atoms with E-state index in [2.05, 4.69) is 15.5 Å². The maximum atomic E-state index is 12.8. The molecule has 0 radical (unpaired) electrons. The van der Waals surface area contributed by atoms with Gasteiger partial charge in [0.05, 0.1) is 16.3 Å². The molecule has 1 aliphatic rings. The van der Waals surface area contributed by atoms with Crippen LogP contribution in [0.1, 0.15) is 35.3 Å². The fourth-order valence-corrected chi connectivity index (χ4v) is 2.87. The van der Waals surface area contributed by atoms with Crippen molar-refractivity contribution >= 4 is 29.0 Å². The number of amides is 1. The van der Waals surface area contributed by atoms with E-state index in [-0.39, 0.29) is 28.1 Å². The van der Waals surface area contributed by atoms with Crippen molar-refractivity contribution in [3.8, 4) is 0 Å². The van der Waals surface area contributed by atoms with Crippen molar-refractivity contribution in [1.82, 2.24) is 15.1 Å². The quantitative estimate of drug-likeness (QED) is 0.845. The molecule has 0 bridgehead atoms. The van der Waals surface area contributed by atoms with Crippen molar-refractivity contribution < 1.29 is 18.0 Å². The molecule has 0 spiro atoms. The Morgan fingerprint density at radius 1 is 1.08 bits per heavy atom. The Kier molecular flexibility index (Phi) is 5.31. The normalized spacial score (nSPS) is 15.0. The monoisotopic (exact) mass is 384 g/mol. The zero-order chi connectivity index (χ0) is 18.7. The summed E-state index contributed by atoms with van der Waals surface area (Å²) in [4.78, 5) is 14.1. The van der Waals surface area contributed by atoms with Crippen molar-refractivity contribution in [2.24, 2.45) is 0 Å². The summed E-state index contributed by atoms with van der Waals surface area (Å²) >= 11 is 5.94. The number of aromatic nitrogens is 2. The van der Waals surface area contributed by atoms with Gasteiger partial charge in [0.2, 0.25) is 0 Å². The van der Waals surface area contributed by atoms with Gasteiger partial charge >= 0.3 is 6.18 Å². The zero-order valence-corrected chi connectivity index (χ0v) is 14.4. The molecule has 0 atom stereocenters. The number of carbonyl (C=O) groups excluding carboxylic acids is 1. The first-order chi connectivity index (χ1) is 12.3. The summed E-state index contributed by atoms with van der Waals surface area (Å²) in [6.07, 6.45) is -1.44. The largest absolute Gasteiger partial charge is 0.416 e. The van der Waals surface area contributed by atoms with Crippen LogP contribution in [-0.2, 0) is 6.18 Å². The molecule has 1 N–H and O–H groups in total. The first-order valence-electron chi connectivity index (χ1n) is 8.11. The molecule has 26 heavy (non-hydrogen) atoms. The highest BCUT2D eigenvalue weighted by Crippen LogP contribution is 2.34. The van der Waals surface area contributed by atoms with E-state index in [1.54, 1.807) is 4.90 Å². The van der Waals surface area contributed by atoms with E-state index in [0.717, 1.165) is 37.5 Å². The summed E-state index contributed by atoms with van der Waals surface area (Å²) in [5, 5.41) is 10.6. The standard InChI is InChI=1S/C17H16ClF3N4O/c18-12-5-4-11(17(19,20)21)10-14(12)22-15-7-6-13(23-24-15)16(26)25-8-2-1-3-9-25/h4-7,10H,1-3,8-9H2,(H,22,24). The first kappa shape index (κ1) is 18.4. The van der Waals surface area contributed by atoms with Gasteiger partial charge in [-0.15, -0.1) is 10.2 Å². The molecular weight excluding hydrogens is 369 g/mol. The Morgan fingerprint density at radius 3 is 2.42 bits per heavy atom. The summed E-state index contributed by atoms with van der Waals surface area (Å²) in [6.45, 7) is 1.39. The third-order valence-electron chi connectivity index (χ3n) is 4.08. The van der Waals surface area contributed by atoms with Crippen molar-refractivity contribution in [1.29, 1.82) is 0 Å². The fourth-order valence-electron chi connectivity index (χ4n) is 2.71. The molecule has 2 aromatic rings. The molecule has 5 nitrogen and oxygen atoms in total. The Hall–Kier alpha value is -2.35. The van der Waals surface area contributed by atoms with Gasteiger partial charge in [-0.1, -0.05) is 11.6 Å². The minimum atomic E-state index is -4.47. The van der Waals surface area contributed by atoms with Crippen LogP contribution in [0.15, 0.2) is 30.3 Å². The molecule has 1 aromatic carbocycles. The average Bonchev–Trinajstić information content (AvgIpc) is 2.63. The van der Waals surface area contributed by atoms with E-state index >= 15 is 0 Å². The van der Waals surface area contributed by atoms with Crippen molar-refractivity contribution in [2.75, 3.05) is 18.4 Å². The third kappa shape index (κ3) is 4.24. The zero-order valence-electron chi connectivity index (χ0n) is 13.7. The van der Waals surface area contributed by atoms with Gasteiger partial charge in [0.15, 0.2) is 11.5 Å². The van der Waals surface area contributed by atoms with Crippen LogP contribution in [0.4, 0.5) is 24.7 Å². The van der Waals surface area contributed by atoms with E-state index in [9.17, 15) is 18.0 Å². The number of alkyl halides is 3. The smallest absolute Gasteiger partial charge is 0.338 e. The van der Waals surface area contributed by atoms with Gasteiger partial charge in [0.1, 0.15) is 0 Å². The highest BCUT2D eigenvalue weighted by atomic mass is 35.5. The van der Waals surface area contributed by atoms with Crippen LogP contribution in [0, 0.1) is 0 Å². The number of anilines is 2. The lowest BCUT2D eigenvalue weighted by molar-refractivity contribution is -0.137. The summed E-state index contributed by atoms with van der Waals surface area (Å²) in [6, 6.07) is 5.94. The van der Waals surface area contributed by atoms with Crippen LogP contribution in [0.5, 0.6) is 0 Å². The summed E-state index contributed by atoms with van der Waals surface area (Å²) in [5.41, 5.74) is -0.562. The van der Waals surface area contributed by atoms with Gasteiger partial charge in [-0.3, -0.25) is 4.79 Å². The van der Waals surface area contributed by atoms with Gasteiger partial charge in [0.25, 0.3) is 5.91 Å². The predicted molar refractivity (Wildman–Crippen MR) is 91.5 cm³/mol. The second kappa shape index (κ2) is 7.49. The molecule has 1 fully saturated rings. The lowest BCUT2D eigenvalue weighted by Gasteiger charge is -2.26. The minimum Gasteiger partial charge on any atom is -0.338 e. The number of piperidine rings is 1. The number of rotatable bonds is 3. The van der Waals surface area contributed by atoms with Crippen LogP contribution < -0.4 is 5.32 Å². The van der Waals surface area contributed by atoms with Crippen LogP contribution in [-0.4, -0.2) is 34.1 Å². The summed E-state index contributed by atoms with van der Waals surface area (Å²) in [5.74, 6) is 0.00210. The minimum absolute atomic E-state index is 0.0610. The van der Waals surface area contributed by atoms with E-state index in [1.165, 1.54) is 12.1 Å². The molecular formula is C17H16ClF3N4O. The molecule has 9 heteroatoms. The first-order valence-corrected chi connectivity index (χ1v) is 8.49. The summed E-state index contributed by atoms with van der Waals surface area (Å²) in [7, 11) is 0. The Labute approximate surface area is 153 Å². The number of nitrogens with zero attached hydrogens (tertiary/aromatic N) is 3. The molecule has 0 saturated carbocycles. The van der Waals surface area contributed by atoms with Crippen LogP contribution in [0.25, 0.3) is 0 Å². The average molecular weight is 385 g/mol. The molecule has 1 saturated heterocycles. The number of benzene rings is 1. The molecule has 1 aromatic heterocycles. The van der Waals surface area contributed by atoms with Crippen LogP contribution in [0.3, 0.4) is 0 Å². The van der Waals surface area contributed by atoms with Crippen molar-refractivity contribution in [2.45, 2.75) is 25.4 Å². The van der Waals surface area contributed by atoms with Gasteiger partial charge in [-0.05, 0) is 49.6 Å². The van der Waals surface area contributed by atoms with Crippen LogP contribution in [0.2, 0.25) is 5.02 Å². The van der Waals surface area contributed by atoms with E-state index in [0.29, 0.717) is 13.1 Å². The molecule has 3 rings (SSSR count). The number of nitrogens with one attached hydrogen (secondary N) is 1. The van der Waals surface area contributed by atoms with Gasteiger partial charge < -0.3 is 10.2 Å². The highest BCUT2D eigenvalue weighted by Gasteiger charge is 2.31. The Bertz CT molecular complexity index is 790. The van der Waals surface area contributed by atoms with E-state index < -0.39 is 11.7 Å². The molecule has 0 unspecified atom stereocenters. The van der Waals surface area contributed by atoms with Crippen molar-refractivity contribution in [3.05, 3.63) is 46.6 Å².